The van der Waals surface area contributed by atoms with Crippen LogP contribution in [0.5, 0.6) is 5.75 Å². The molecule has 5 heteroatoms. The van der Waals surface area contributed by atoms with Crippen molar-refractivity contribution >= 4 is 50.1 Å². The third-order valence-corrected chi connectivity index (χ3v) is 8.29. The van der Waals surface area contributed by atoms with Gasteiger partial charge in [-0.25, -0.2) is 4.90 Å². The SMILES string of the molecule is COc1ccc(N2C(=O)c3cccc4c(C#Cc5ccc(-n6c7ccccc7c7ccccc76)cc5)ccc(c34)C2=O)cc1. The van der Waals surface area contributed by atoms with Crippen molar-refractivity contribution < 1.29 is 14.3 Å². The summed E-state index contributed by atoms with van der Waals surface area (Å²) in [6.07, 6.45) is 0. The van der Waals surface area contributed by atoms with E-state index in [1.165, 1.54) is 15.7 Å². The molecule has 0 bridgehead atoms. The van der Waals surface area contributed by atoms with Crippen LogP contribution in [-0.4, -0.2) is 23.5 Å². The fourth-order valence-corrected chi connectivity index (χ4v) is 6.21. The van der Waals surface area contributed by atoms with Crippen molar-refractivity contribution in [1.82, 2.24) is 4.57 Å². The zero-order valence-corrected chi connectivity index (χ0v) is 23.7. The molecule has 208 valence electrons. The van der Waals surface area contributed by atoms with Gasteiger partial charge in [0.25, 0.3) is 11.8 Å². The van der Waals surface area contributed by atoms with E-state index in [9.17, 15) is 9.59 Å². The molecule has 0 atom stereocenters. The van der Waals surface area contributed by atoms with Gasteiger partial charge < -0.3 is 9.30 Å². The van der Waals surface area contributed by atoms with Gasteiger partial charge in [-0.15, -0.1) is 0 Å². The van der Waals surface area contributed by atoms with E-state index in [4.69, 9.17) is 4.74 Å². The Bertz CT molecular complexity index is 2280. The molecule has 0 fully saturated rings. The summed E-state index contributed by atoms with van der Waals surface area (Å²) < 4.78 is 7.51. The Labute approximate surface area is 253 Å². The minimum atomic E-state index is -0.357. The number of hydrogen-bond acceptors (Lipinski definition) is 3. The molecule has 0 aliphatic carbocycles. The van der Waals surface area contributed by atoms with Gasteiger partial charge >= 0.3 is 0 Å². The van der Waals surface area contributed by atoms with E-state index in [1.54, 1.807) is 43.5 Å². The fraction of sp³-hybridized carbons (Fsp3) is 0.0256. The number of methoxy groups -OCH3 is 1. The first-order valence-corrected chi connectivity index (χ1v) is 14.3. The Morgan fingerprint density at radius 1 is 0.545 bits per heavy atom. The highest BCUT2D eigenvalue weighted by molar-refractivity contribution is 6.36. The molecule has 1 aliphatic rings. The lowest BCUT2D eigenvalue weighted by molar-refractivity contribution is 0.0893. The van der Waals surface area contributed by atoms with Crippen LogP contribution in [-0.2, 0) is 0 Å². The van der Waals surface area contributed by atoms with Gasteiger partial charge in [0.15, 0.2) is 0 Å². The van der Waals surface area contributed by atoms with Crippen LogP contribution in [0.15, 0.2) is 127 Å². The first-order chi connectivity index (χ1) is 21.6. The second kappa shape index (κ2) is 10.0. The van der Waals surface area contributed by atoms with Crippen LogP contribution in [0.1, 0.15) is 31.8 Å². The smallest absolute Gasteiger partial charge is 0.265 e. The summed E-state index contributed by atoms with van der Waals surface area (Å²) in [6.45, 7) is 0. The lowest BCUT2D eigenvalue weighted by Gasteiger charge is -2.27. The summed E-state index contributed by atoms with van der Waals surface area (Å²) in [5.41, 5.74) is 6.46. The van der Waals surface area contributed by atoms with Crippen molar-refractivity contribution in [2.75, 3.05) is 12.0 Å². The Kier molecular flexibility index (Phi) is 5.82. The lowest BCUT2D eigenvalue weighted by atomic mass is 9.91. The van der Waals surface area contributed by atoms with Gasteiger partial charge in [0.1, 0.15) is 5.75 Å². The molecule has 0 saturated heterocycles. The minimum absolute atomic E-state index is 0.357. The standard InChI is InChI=1S/C39H24N2O3/c1-44-29-22-20-28(21-23-29)41-38(42)33-10-6-9-30-26(17-24-34(37(30)33)39(41)43)16-13-25-14-18-27(19-15-25)40-35-11-4-2-7-31(35)32-8-3-5-12-36(32)40/h2-12,14-15,17-24H,1H3. The first-order valence-electron chi connectivity index (χ1n) is 14.3. The lowest BCUT2D eigenvalue weighted by Crippen LogP contribution is -2.40. The van der Waals surface area contributed by atoms with Crippen LogP contribution < -0.4 is 9.64 Å². The number of imide groups is 1. The van der Waals surface area contributed by atoms with E-state index in [0.29, 0.717) is 28.0 Å². The van der Waals surface area contributed by atoms with E-state index in [-0.39, 0.29) is 11.8 Å². The largest absolute Gasteiger partial charge is 0.497 e. The topological polar surface area (TPSA) is 51.5 Å². The number of carbonyl (C=O) groups excluding carboxylic acids is 2. The van der Waals surface area contributed by atoms with Gasteiger partial charge in [-0.3, -0.25) is 9.59 Å². The molecule has 0 saturated carbocycles. The average Bonchev–Trinajstić information content (AvgIpc) is 3.41. The molecule has 8 rings (SSSR count). The molecular weight excluding hydrogens is 544 g/mol. The number of anilines is 1. The zero-order chi connectivity index (χ0) is 29.8. The van der Waals surface area contributed by atoms with E-state index >= 15 is 0 Å². The van der Waals surface area contributed by atoms with Crippen LogP contribution in [0.4, 0.5) is 5.69 Å². The third kappa shape index (κ3) is 3.89. The predicted octanol–water partition coefficient (Wildman–Crippen LogP) is 8.15. The number of fused-ring (bicyclic) bond motifs is 3. The van der Waals surface area contributed by atoms with Crippen molar-refractivity contribution in [1.29, 1.82) is 0 Å². The summed E-state index contributed by atoms with van der Waals surface area (Å²) in [5.74, 6) is 6.53. The zero-order valence-electron chi connectivity index (χ0n) is 23.7. The molecule has 44 heavy (non-hydrogen) atoms. The van der Waals surface area contributed by atoms with E-state index in [0.717, 1.165) is 33.2 Å². The number of rotatable bonds is 3. The summed E-state index contributed by atoms with van der Waals surface area (Å²) in [6, 6.07) is 41.2. The predicted molar refractivity (Wildman–Crippen MR) is 175 cm³/mol. The maximum atomic E-state index is 13.6. The van der Waals surface area contributed by atoms with Crippen LogP contribution in [0.2, 0.25) is 0 Å². The fourth-order valence-electron chi connectivity index (χ4n) is 6.21. The highest BCUT2D eigenvalue weighted by Gasteiger charge is 2.34. The second-order valence-electron chi connectivity index (χ2n) is 10.7. The molecule has 0 N–H and O–H groups in total. The van der Waals surface area contributed by atoms with Gasteiger partial charge in [-0.1, -0.05) is 60.4 Å². The van der Waals surface area contributed by atoms with Crippen molar-refractivity contribution in [3.63, 3.8) is 0 Å². The van der Waals surface area contributed by atoms with Gasteiger partial charge in [0, 0.05) is 44.1 Å². The molecule has 2 heterocycles. The molecule has 0 radical (unpaired) electrons. The van der Waals surface area contributed by atoms with Crippen molar-refractivity contribution in [3.05, 3.63) is 150 Å². The summed E-state index contributed by atoms with van der Waals surface area (Å²) >= 11 is 0. The molecule has 7 aromatic rings. The Hall–Kier alpha value is -6.12. The molecule has 0 spiro atoms. The van der Waals surface area contributed by atoms with Gasteiger partial charge in [0.05, 0.1) is 23.8 Å². The molecule has 0 unspecified atom stereocenters. The first kappa shape index (κ1) is 25.6. The van der Waals surface area contributed by atoms with E-state index < -0.39 is 0 Å². The van der Waals surface area contributed by atoms with Crippen molar-refractivity contribution in [3.8, 4) is 23.3 Å². The quantitative estimate of drug-likeness (QED) is 0.160. The number of amides is 2. The number of para-hydroxylation sites is 2. The highest BCUT2D eigenvalue weighted by atomic mass is 16.5. The Morgan fingerprint density at radius 3 is 1.80 bits per heavy atom. The third-order valence-electron chi connectivity index (χ3n) is 8.29. The summed E-state index contributed by atoms with van der Waals surface area (Å²) in [4.78, 5) is 28.4. The number of benzene rings is 6. The summed E-state index contributed by atoms with van der Waals surface area (Å²) in [5, 5.41) is 3.86. The van der Waals surface area contributed by atoms with Gasteiger partial charge in [-0.05, 0) is 84.2 Å². The number of ether oxygens (including phenoxy) is 1. The summed E-state index contributed by atoms with van der Waals surface area (Å²) in [7, 11) is 1.58. The normalized spacial score (nSPS) is 12.5. The van der Waals surface area contributed by atoms with Gasteiger partial charge in [0.2, 0.25) is 0 Å². The van der Waals surface area contributed by atoms with Gasteiger partial charge in [-0.2, -0.15) is 0 Å². The number of carbonyl (C=O) groups is 2. The number of aromatic nitrogens is 1. The highest BCUT2D eigenvalue weighted by Crippen LogP contribution is 2.35. The Balaban J connectivity index is 1.15. The molecule has 6 aromatic carbocycles. The monoisotopic (exact) mass is 568 g/mol. The second-order valence-corrected chi connectivity index (χ2v) is 10.7. The maximum Gasteiger partial charge on any atom is 0.265 e. The van der Waals surface area contributed by atoms with Crippen LogP contribution in [0, 0.1) is 11.8 Å². The number of nitrogens with zero attached hydrogens (tertiary/aromatic N) is 2. The molecule has 5 nitrogen and oxygen atoms in total. The van der Waals surface area contributed by atoms with Crippen LogP contribution in [0.3, 0.4) is 0 Å². The number of hydrogen-bond donors (Lipinski definition) is 0. The van der Waals surface area contributed by atoms with Crippen molar-refractivity contribution in [2.45, 2.75) is 0 Å². The van der Waals surface area contributed by atoms with E-state index in [1.807, 2.05) is 30.3 Å². The molecule has 2 amide bonds. The average molecular weight is 569 g/mol. The van der Waals surface area contributed by atoms with Crippen LogP contribution >= 0.6 is 0 Å². The molecule has 1 aromatic heterocycles. The van der Waals surface area contributed by atoms with Crippen molar-refractivity contribution in [2.24, 2.45) is 0 Å². The Morgan fingerprint density at radius 2 is 1.14 bits per heavy atom. The molecular formula is C39H24N2O3. The van der Waals surface area contributed by atoms with Crippen LogP contribution in [0.25, 0.3) is 38.3 Å². The minimum Gasteiger partial charge on any atom is -0.497 e. The molecule has 1 aliphatic heterocycles. The maximum absolute atomic E-state index is 13.6. The van der Waals surface area contributed by atoms with E-state index in [2.05, 4.69) is 77.1 Å².